The van der Waals surface area contributed by atoms with Crippen LogP contribution in [0.4, 0.5) is 0 Å². The Morgan fingerprint density at radius 1 is 1.36 bits per heavy atom. The number of benzene rings is 1. The second kappa shape index (κ2) is 3.35. The van der Waals surface area contributed by atoms with Crippen LogP contribution in [0.1, 0.15) is 5.69 Å². The van der Waals surface area contributed by atoms with E-state index in [1.54, 1.807) is 13.3 Å². The summed E-state index contributed by atoms with van der Waals surface area (Å²) in [6.45, 7) is 0. The summed E-state index contributed by atoms with van der Waals surface area (Å²) in [6, 6.07) is 9.47. The predicted octanol–water partition coefficient (Wildman–Crippen LogP) is 2.12. The molecule has 14 heavy (non-hydrogen) atoms. The van der Waals surface area contributed by atoms with E-state index < -0.39 is 0 Å². The van der Waals surface area contributed by atoms with Crippen molar-refractivity contribution in [2.24, 2.45) is 0 Å². The summed E-state index contributed by atoms with van der Waals surface area (Å²) < 4.78 is 5.09. The van der Waals surface area contributed by atoms with E-state index in [-0.39, 0.29) is 0 Å². The van der Waals surface area contributed by atoms with Crippen molar-refractivity contribution in [1.82, 2.24) is 4.98 Å². The van der Waals surface area contributed by atoms with Crippen molar-refractivity contribution in [3.8, 4) is 11.8 Å². The largest absolute Gasteiger partial charge is 0.497 e. The Morgan fingerprint density at radius 2 is 2.21 bits per heavy atom. The first-order chi connectivity index (χ1) is 6.85. The lowest BCUT2D eigenvalue weighted by molar-refractivity contribution is 0.415. The van der Waals surface area contributed by atoms with E-state index in [0.717, 1.165) is 16.5 Å². The van der Waals surface area contributed by atoms with Gasteiger partial charge in [0.25, 0.3) is 0 Å². The number of ether oxygens (including phenoxy) is 1. The molecule has 1 heterocycles. The first-order valence-electron chi connectivity index (χ1n) is 4.18. The number of aromatic nitrogens is 1. The van der Waals surface area contributed by atoms with Crippen molar-refractivity contribution < 1.29 is 4.74 Å². The summed E-state index contributed by atoms with van der Waals surface area (Å²) in [5.41, 5.74) is 0.449. The number of methoxy groups -OCH3 is 1. The normalized spacial score (nSPS) is 9.71. The van der Waals surface area contributed by atoms with Gasteiger partial charge < -0.3 is 4.74 Å². The minimum atomic E-state index is 0.449. The molecule has 0 aliphatic rings. The van der Waals surface area contributed by atoms with E-state index in [1.807, 2.05) is 24.3 Å². The third-order valence-corrected chi connectivity index (χ3v) is 2.08. The van der Waals surface area contributed by atoms with Gasteiger partial charge in [0.15, 0.2) is 0 Å². The van der Waals surface area contributed by atoms with Gasteiger partial charge in [-0.15, -0.1) is 0 Å². The number of hydrogen-bond acceptors (Lipinski definition) is 3. The van der Waals surface area contributed by atoms with Crippen molar-refractivity contribution in [1.29, 1.82) is 5.26 Å². The Kier molecular flexibility index (Phi) is 2.04. The van der Waals surface area contributed by atoms with Gasteiger partial charge in [-0.05, 0) is 29.7 Å². The van der Waals surface area contributed by atoms with Crippen LogP contribution in [0.5, 0.6) is 5.75 Å². The maximum atomic E-state index is 8.82. The second-order valence-electron chi connectivity index (χ2n) is 2.86. The first-order valence-corrected chi connectivity index (χ1v) is 4.18. The van der Waals surface area contributed by atoms with Crippen molar-refractivity contribution in [3.05, 3.63) is 36.2 Å². The van der Waals surface area contributed by atoms with E-state index in [1.165, 1.54) is 0 Å². The average molecular weight is 184 g/mol. The first kappa shape index (κ1) is 8.52. The number of hydrogen-bond donors (Lipinski definition) is 0. The molecule has 2 rings (SSSR count). The van der Waals surface area contributed by atoms with Crippen molar-refractivity contribution in [3.63, 3.8) is 0 Å². The zero-order chi connectivity index (χ0) is 9.97. The van der Waals surface area contributed by atoms with E-state index in [4.69, 9.17) is 10.00 Å². The molecule has 0 aliphatic carbocycles. The molecule has 0 fully saturated rings. The molecule has 1 aromatic carbocycles. The van der Waals surface area contributed by atoms with Gasteiger partial charge in [0, 0.05) is 11.6 Å². The van der Waals surface area contributed by atoms with Gasteiger partial charge >= 0.3 is 0 Å². The minimum Gasteiger partial charge on any atom is -0.497 e. The Morgan fingerprint density at radius 3 is 2.93 bits per heavy atom. The van der Waals surface area contributed by atoms with E-state index in [2.05, 4.69) is 11.1 Å². The van der Waals surface area contributed by atoms with Gasteiger partial charge in [-0.1, -0.05) is 0 Å². The fourth-order valence-electron chi connectivity index (χ4n) is 1.37. The summed E-state index contributed by atoms with van der Waals surface area (Å²) in [4.78, 5) is 3.98. The van der Waals surface area contributed by atoms with Crippen LogP contribution in [0.3, 0.4) is 0 Å². The number of nitrogens with zero attached hydrogens (tertiary/aromatic N) is 2. The van der Waals surface area contributed by atoms with Crippen molar-refractivity contribution in [2.75, 3.05) is 7.11 Å². The molecule has 0 unspecified atom stereocenters. The smallest absolute Gasteiger partial charge is 0.148 e. The number of nitriles is 1. The lowest BCUT2D eigenvalue weighted by Gasteiger charge is -2.02. The third-order valence-electron chi connectivity index (χ3n) is 2.08. The highest BCUT2D eigenvalue weighted by atomic mass is 16.5. The Balaban J connectivity index is 2.75. The monoisotopic (exact) mass is 184 g/mol. The van der Waals surface area contributed by atoms with Crippen LogP contribution in [0, 0.1) is 11.3 Å². The van der Waals surface area contributed by atoms with E-state index >= 15 is 0 Å². The SMILES string of the molecule is COc1ccc2c(C#N)nccc2c1. The van der Waals surface area contributed by atoms with Crippen molar-refractivity contribution >= 4 is 10.8 Å². The number of rotatable bonds is 1. The molecule has 0 radical (unpaired) electrons. The van der Waals surface area contributed by atoms with E-state index in [9.17, 15) is 0 Å². The fourth-order valence-corrected chi connectivity index (χ4v) is 1.37. The molecule has 0 aliphatic heterocycles. The number of fused-ring (bicyclic) bond motifs is 1. The predicted molar refractivity (Wildman–Crippen MR) is 53.0 cm³/mol. The quantitative estimate of drug-likeness (QED) is 0.681. The molecule has 0 saturated heterocycles. The lowest BCUT2D eigenvalue weighted by atomic mass is 10.1. The van der Waals surface area contributed by atoms with E-state index in [0.29, 0.717) is 5.69 Å². The van der Waals surface area contributed by atoms with Crippen molar-refractivity contribution in [2.45, 2.75) is 0 Å². The van der Waals surface area contributed by atoms with Gasteiger partial charge in [0.2, 0.25) is 0 Å². The highest BCUT2D eigenvalue weighted by Gasteiger charge is 2.01. The van der Waals surface area contributed by atoms with Crippen LogP contribution in [0.15, 0.2) is 30.5 Å². The molecule has 0 atom stereocenters. The molecular weight excluding hydrogens is 176 g/mol. The van der Waals surface area contributed by atoms with Crippen LogP contribution >= 0.6 is 0 Å². The zero-order valence-electron chi connectivity index (χ0n) is 7.69. The van der Waals surface area contributed by atoms with Gasteiger partial charge in [0.05, 0.1) is 7.11 Å². The summed E-state index contributed by atoms with van der Waals surface area (Å²) in [7, 11) is 1.62. The summed E-state index contributed by atoms with van der Waals surface area (Å²) in [5, 5.41) is 10.6. The Hall–Kier alpha value is -2.08. The van der Waals surface area contributed by atoms with Crippen LogP contribution in [-0.4, -0.2) is 12.1 Å². The van der Waals surface area contributed by atoms with Crippen LogP contribution in [0.2, 0.25) is 0 Å². The molecule has 0 spiro atoms. The molecule has 68 valence electrons. The summed E-state index contributed by atoms with van der Waals surface area (Å²) in [6.07, 6.45) is 1.63. The number of pyridine rings is 1. The molecule has 3 heteroatoms. The second-order valence-corrected chi connectivity index (χ2v) is 2.86. The molecule has 1 aromatic heterocycles. The molecular formula is C11H8N2O. The minimum absolute atomic E-state index is 0.449. The Labute approximate surface area is 81.6 Å². The van der Waals surface area contributed by atoms with Crippen LogP contribution in [0.25, 0.3) is 10.8 Å². The highest BCUT2D eigenvalue weighted by Crippen LogP contribution is 2.21. The molecule has 0 N–H and O–H groups in total. The topological polar surface area (TPSA) is 45.9 Å². The molecule has 0 bridgehead atoms. The zero-order valence-corrected chi connectivity index (χ0v) is 7.69. The molecule has 0 saturated carbocycles. The van der Waals surface area contributed by atoms with Gasteiger partial charge in [0.1, 0.15) is 17.5 Å². The summed E-state index contributed by atoms with van der Waals surface area (Å²) >= 11 is 0. The van der Waals surface area contributed by atoms with Gasteiger partial charge in [-0.2, -0.15) is 5.26 Å². The highest BCUT2D eigenvalue weighted by molar-refractivity contribution is 5.87. The third kappa shape index (κ3) is 1.27. The maximum absolute atomic E-state index is 8.82. The molecule has 3 nitrogen and oxygen atoms in total. The maximum Gasteiger partial charge on any atom is 0.148 e. The molecule has 0 amide bonds. The summed E-state index contributed by atoms with van der Waals surface area (Å²) in [5.74, 6) is 0.785. The van der Waals surface area contributed by atoms with Crippen LogP contribution < -0.4 is 4.74 Å². The fraction of sp³-hybridized carbons (Fsp3) is 0.0909. The van der Waals surface area contributed by atoms with Crippen LogP contribution in [-0.2, 0) is 0 Å². The molecule has 2 aromatic rings. The average Bonchev–Trinajstić information content (AvgIpc) is 2.27. The van der Waals surface area contributed by atoms with Gasteiger partial charge in [-0.3, -0.25) is 0 Å². The van der Waals surface area contributed by atoms with Gasteiger partial charge in [-0.25, -0.2) is 4.98 Å². The lowest BCUT2D eigenvalue weighted by Crippen LogP contribution is -1.86. The Bertz CT molecular complexity index is 514. The standard InChI is InChI=1S/C11H8N2O/c1-14-9-2-3-10-8(6-9)4-5-13-11(10)7-12/h2-6H,1H3.